The number of aromatic amines is 2. The zero-order chi connectivity index (χ0) is 66.9. The third kappa shape index (κ3) is 23.1. The van der Waals surface area contributed by atoms with E-state index in [0.29, 0.717) is 41.6 Å². The number of H-pyrrole nitrogens is 2. The zero-order valence-electron chi connectivity index (χ0n) is 52.1. The number of carboxylic acids is 1. The number of aliphatic carboxylic acids is 1. The number of para-hydroxylation sites is 1. The second kappa shape index (κ2) is 35.5. The molecule has 4 heterocycles. The molecule has 2 aliphatic heterocycles. The van der Waals surface area contributed by atoms with Crippen molar-refractivity contribution in [1.82, 2.24) is 67.7 Å². The highest BCUT2D eigenvalue weighted by Gasteiger charge is 2.40. The number of aliphatic hydroxyl groups excluding tert-OH is 1. The number of aliphatic hydroxyl groups is 1. The number of carbonyl (C=O) groups is 11. The molecule has 30 nitrogen and oxygen atoms in total. The number of likely N-dealkylation sites (N-methyl/N-ethyl adjacent to an activating group) is 1. The Balaban J connectivity index is 0.00000365. The molecule has 2 saturated heterocycles. The number of carbonyl (C=O) groups excluding carboxylic acids is 10. The molecule has 2 aromatic heterocycles. The van der Waals surface area contributed by atoms with Crippen molar-refractivity contribution in [3.8, 4) is 5.75 Å². The molecular weight excluding hydrogens is 1180 g/mol. The number of aromatic hydroxyl groups is 1. The van der Waals surface area contributed by atoms with Gasteiger partial charge in [0.25, 0.3) is 5.97 Å². The summed E-state index contributed by atoms with van der Waals surface area (Å²) in [6.07, 6.45) is 5.80. The number of hydrogen-bond donors (Lipinski definition) is 16. The number of amides is 10. The first kappa shape index (κ1) is 72.1. The fourth-order valence-corrected chi connectivity index (χ4v) is 10.5. The lowest BCUT2D eigenvalue weighted by Gasteiger charge is -2.31. The van der Waals surface area contributed by atoms with Crippen LogP contribution in [0.15, 0.2) is 72.2 Å². The fourth-order valence-electron chi connectivity index (χ4n) is 10.5. The number of rotatable bonds is 32. The first-order valence-corrected chi connectivity index (χ1v) is 30.4. The fraction of sp³-hybridized carbons (Fsp3) is 0.525. The smallest absolute Gasteiger partial charge is 0.300 e. The average molecular weight is 1270 g/mol. The predicted octanol–water partition coefficient (Wildman–Crippen LogP) is -1.35. The van der Waals surface area contributed by atoms with E-state index in [2.05, 4.69) is 67.8 Å². The van der Waals surface area contributed by atoms with Gasteiger partial charge < -0.3 is 89.5 Å². The molecule has 0 radical (unpaired) electrons. The summed E-state index contributed by atoms with van der Waals surface area (Å²) in [5, 5.41) is 53.3. The first-order chi connectivity index (χ1) is 43.3. The van der Waals surface area contributed by atoms with Crippen molar-refractivity contribution < 1.29 is 68.1 Å². The third-order valence-corrected chi connectivity index (χ3v) is 14.9. The normalized spacial score (nSPS) is 16.7. The highest BCUT2D eigenvalue weighted by molar-refractivity contribution is 5.99. The molecule has 10 amide bonds. The molecule has 2 aromatic carbocycles. The number of phenols is 1. The molecule has 0 bridgehead atoms. The number of phenolic OH excluding ortho intramolecular Hbond substituents is 1. The summed E-state index contributed by atoms with van der Waals surface area (Å²) < 4.78 is 0. The molecule has 0 saturated carbocycles. The van der Waals surface area contributed by atoms with E-state index in [9.17, 15) is 58.2 Å². The van der Waals surface area contributed by atoms with E-state index in [4.69, 9.17) is 21.4 Å². The quantitative estimate of drug-likeness (QED) is 0.0153. The molecule has 18 N–H and O–H groups in total. The van der Waals surface area contributed by atoms with E-state index in [1.807, 2.05) is 19.9 Å². The molecule has 91 heavy (non-hydrogen) atoms. The number of imidazole rings is 1. The van der Waals surface area contributed by atoms with Crippen LogP contribution in [0.3, 0.4) is 0 Å². The van der Waals surface area contributed by atoms with Gasteiger partial charge in [-0.05, 0) is 93.0 Å². The van der Waals surface area contributed by atoms with Gasteiger partial charge in [-0.15, -0.1) is 0 Å². The molecule has 6 rings (SSSR count). The number of benzene rings is 2. The Morgan fingerprint density at radius 3 is 1.80 bits per heavy atom. The minimum atomic E-state index is -1.75. The lowest BCUT2D eigenvalue weighted by molar-refractivity contribution is -0.142. The van der Waals surface area contributed by atoms with Gasteiger partial charge in [-0.3, -0.25) is 57.7 Å². The molecule has 496 valence electrons. The Kier molecular flexibility index (Phi) is 28.2. The number of guanidine groups is 1. The Morgan fingerprint density at radius 2 is 1.25 bits per heavy atom. The summed E-state index contributed by atoms with van der Waals surface area (Å²) in [6, 6.07) is 1.58. The second-order valence-corrected chi connectivity index (χ2v) is 23.3. The van der Waals surface area contributed by atoms with Crippen molar-refractivity contribution >= 4 is 81.9 Å². The number of aliphatic imine (C=N–C) groups is 1. The highest BCUT2D eigenvalue weighted by Crippen LogP contribution is 2.22. The Morgan fingerprint density at radius 1 is 0.703 bits per heavy atom. The first-order valence-electron chi connectivity index (χ1n) is 30.4. The third-order valence-electron chi connectivity index (χ3n) is 14.9. The average Bonchev–Trinajstić information content (AvgIpc) is 2.04. The van der Waals surface area contributed by atoms with Crippen molar-refractivity contribution in [2.75, 3.05) is 26.2 Å². The van der Waals surface area contributed by atoms with Crippen LogP contribution in [-0.2, 0) is 72.0 Å². The molecule has 2 aliphatic rings. The molecule has 9 atom stereocenters. The van der Waals surface area contributed by atoms with Gasteiger partial charge in [0.15, 0.2) is 5.96 Å². The largest absolute Gasteiger partial charge is 0.508 e. The number of carboxylic acid groups (broad SMARTS) is 1. The maximum absolute atomic E-state index is 14.7. The van der Waals surface area contributed by atoms with E-state index in [1.165, 1.54) is 41.7 Å². The lowest BCUT2D eigenvalue weighted by Crippen LogP contribution is -2.61. The van der Waals surface area contributed by atoms with Crippen molar-refractivity contribution in [2.24, 2.45) is 28.3 Å². The van der Waals surface area contributed by atoms with Crippen LogP contribution in [0, 0.1) is 11.8 Å². The van der Waals surface area contributed by atoms with Crippen molar-refractivity contribution in [1.29, 1.82) is 0 Å². The van der Waals surface area contributed by atoms with Gasteiger partial charge in [-0.1, -0.05) is 58.0 Å². The van der Waals surface area contributed by atoms with E-state index < -0.39 is 114 Å². The molecule has 4 aromatic rings. The van der Waals surface area contributed by atoms with Gasteiger partial charge in [0.05, 0.1) is 12.9 Å². The predicted molar refractivity (Wildman–Crippen MR) is 333 cm³/mol. The van der Waals surface area contributed by atoms with Gasteiger partial charge in [0.1, 0.15) is 60.1 Å². The minimum absolute atomic E-state index is 0.0397. The van der Waals surface area contributed by atoms with Crippen molar-refractivity contribution in [3.63, 3.8) is 0 Å². The van der Waals surface area contributed by atoms with Crippen LogP contribution in [0.5, 0.6) is 5.75 Å². The topological polar surface area (TPSA) is 469 Å². The number of nitrogens with two attached hydrogens (primary N) is 2. The number of fused-ring (bicyclic) bond motifs is 1. The van der Waals surface area contributed by atoms with Crippen LogP contribution in [0.25, 0.3) is 10.9 Å². The summed E-state index contributed by atoms with van der Waals surface area (Å²) in [4.78, 5) is 164. The van der Waals surface area contributed by atoms with E-state index >= 15 is 0 Å². The molecule has 2 fully saturated rings. The number of nitrogens with zero attached hydrogens (tertiary/aromatic N) is 3. The standard InChI is InChI=1S/C59H84N16O12.C2H4O2/c1-6-63-57(86)48-14-10-22-75(48)58(87)41(13-9-21-64-59(60)61)68-51(80)42(23-32(2)3)69-52(81)43(24-33(4)5)70-53(82)44(25-34-15-17-37(77)18-16-34)71-56(85)47(30-76)74-54(83)45(26-35-28-65-39-12-8-7-11-38(35)39)72-55(84)46(27-36-29-62-31-66-36)73-50(79)40-19-20-49(78)67-40;1-2(3)4/h7-8,11-12,15-18,28-29,31-33,40-48,65,76-77H,6,9-10,13-14,19-27,30H2,1-5H3,(H,62,66)(H,63,86)(H,67,78)(H,68,80)(H,69,81)(H,70,82)(H,71,85)(H,72,84)(H,73,79)(H,74,83)(H4,60,61,64);1H3,(H,3,4). The number of nitrogens with one attached hydrogen (secondary N) is 11. The van der Waals surface area contributed by atoms with Crippen LogP contribution >= 0.6 is 0 Å². The van der Waals surface area contributed by atoms with Crippen LogP contribution in [-0.4, -0.2) is 187 Å². The molecule has 0 aliphatic carbocycles. The Bertz CT molecular complexity index is 3160. The van der Waals surface area contributed by atoms with E-state index in [0.717, 1.165) is 12.4 Å². The van der Waals surface area contributed by atoms with Crippen LogP contribution in [0.4, 0.5) is 0 Å². The Hall–Kier alpha value is -9.61. The van der Waals surface area contributed by atoms with Crippen LogP contribution in [0.2, 0.25) is 0 Å². The van der Waals surface area contributed by atoms with Gasteiger partial charge in [0.2, 0.25) is 59.1 Å². The maximum atomic E-state index is 14.7. The molecule has 9 unspecified atom stereocenters. The lowest BCUT2D eigenvalue weighted by atomic mass is 9.98. The van der Waals surface area contributed by atoms with Crippen LogP contribution in [0.1, 0.15) is 110 Å². The van der Waals surface area contributed by atoms with E-state index in [1.54, 1.807) is 45.2 Å². The SMILES string of the molecule is CC(=O)O.CCNC(=O)C1CCCN1C(=O)C(CCCN=C(N)N)NC(=O)C(CC(C)C)NC(=O)C(CC(C)C)NC(=O)C(Cc1ccc(O)cc1)NC(=O)C(CO)NC(=O)C(Cc1c[nH]c2ccccc12)NC(=O)C(Cc1cnc[nH]1)NC(=O)C1CCC(=O)N1. The minimum Gasteiger partial charge on any atom is -0.508 e. The second-order valence-electron chi connectivity index (χ2n) is 23.3. The van der Waals surface area contributed by atoms with Crippen molar-refractivity contribution in [3.05, 3.63) is 84.1 Å². The number of aromatic nitrogens is 3. The summed E-state index contributed by atoms with van der Waals surface area (Å²) in [5.74, 6) is -8.39. The zero-order valence-corrected chi connectivity index (χ0v) is 52.1. The summed E-state index contributed by atoms with van der Waals surface area (Å²) in [7, 11) is 0. The van der Waals surface area contributed by atoms with E-state index in [-0.39, 0.29) is 106 Å². The summed E-state index contributed by atoms with van der Waals surface area (Å²) in [5.41, 5.74) is 13.3. The Labute approximate surface area is 526 Å². The van der Waals surface area contributed by atoms with Gasteiger partial charge in [0, 0.05) is 81.2 Å². The molecule has 0 spiro atoms. The monoisotopic (exact) mass is 1270 g/mol. The highest BCUT2D eigenvalue weighted by atomic mass is 16.4. The van der Waals surface area contributed by atoms with Crippen molar-refractivity contribution in [2.45, 2.75) is 167 Å². The van der Waals surface area contributed by atoms with Gasteiger partial charge in [-0.2, -0.15) is 0 Å². The van der Waals surface area contributed by atoms with Crippen LogP contribution < -0.4 is 59.3 Å². The molecular formula is C61H88N16O14. The maximum Gasteiger partial charge on any atom is 0.300 e. The summed E-state index contributed by atoms with van der Waals surface area (Å²) in [6.45, 7) is 9.91. The number of hydrogen-bond acceptors (Lipinski definition) is 15. The summed E-state index contributed by atoms with van der Waals surface area (Å²) >= 11 is 0. The van der Waals surface area contributed by atoms with Gasteiger partial charge >= 0.3 is 0 Å². The number of likely N-dealkylation sites (tertiary alicyclic amines) is 1. The molecule has 30 heteroatoms. The van der Waals surface area contributed by atoms with Gasteiger partial charge in [-0.25, -0.2) is 4.98 Å².